The highest BCUT2D eigenvalue weighted by Gasteiger charge is 2.18. The van der Waals surface area contributed by atoms with Gasteiger partial charge in [-0.2, -0.15) is 0 Å². The van der Waals surface area contributed by atoms with Gasteiger partial charge >= 0.3 is 0 Å². The maximum atomic E-state index is 12.2. The van der Waals surface area contributed by atoms with Crippen LogP contribution in [0.3, 0.4) is 0 Å². The molecule has 0 heterocycles. The third kappa shape index (κ3) is 4.25. The average molecular weight is 318 g/mol. The van der Waals surface area contributed by atoms with Crippen LogP contribution in [0.2, 0.25) is 5.02 Å². The number of ether oxygens (including phenoxy) is 1. The molecule has 4 heteroatoms. The van der Waals surface area contributed by atoms with Crippen molar-refractivity contribution in [3.8, 4) is 5.75 Å². The first kappa shape index (κ1) is 16.4. The number of benzene rings is 2. The smallest absolute Gasteiger partial charge is 0.261 e. The van der Waals surface area contributed by atoms with Gasteiger partial charge in [0.1, 0.15) is 5.75 Å². The van der Waals surface area contributed by atoms with Crippen LogP contribution >= 0.6 is 11.6 Å². The second-order valence-corrected chi connectivity index (χ2v) is 5.73. The summed E-state index contributed by atoms with van der Waals surface area (Å²) in [6.45, 7) is 5.64. The molecule has 0 saturated carbocycles. The zero-order chi connectivity index (χ0) is 16.1. The SMILES string of the molecule is Cc1ccc(OC(C)C(=O)NC(C)c2ccccc2Cl)cc1. The van der Waals surface area contributed by atoms with E-state index in [1.165, 1.54) is 0 Å². The lowest BCUT2D eigenvalue weighted by Gasteiger charge is -2.19. The number of rotatable bonds is 5. The summed E-state index contributed by atoms with van der Waals surface area (Å²) >= 11 is 6.14. The monoisotopic (exact) mass is 317 g/mol. The minimum absolute atomic E-state index is 0.173. The van der Waals surface area contributed by atoms with Gasteiger partial charge in [-0.05, 0) is 44.5 Å². The zero-order valence-electron chi connectivity index (χ0n) is 13.0. The first-order valence-corrected chi connectivity index (χ1v) is 7.63. The van der Waals surface area contributed by atoms with Crippen LogP contribution in [0.25, 0.3) is 0 Å². The van der Waals surface area contributed by atoms with Crippen molar-refractivity contribution in [2.24, 2.45) is 0 Å². The Balaban J connectivity index is 1.96. The molecule has 0 aromatic heterocycles. The minimum atomic E-state index is -0.576. The van der Waals surface area contributed by atoms with Crippen LogP contribution in [-0.2, 0) is 4.79 Å². The van der Waals surface area contributed by atoms with Crippen molar-refractivity contribution in [3.05, 3.63) is 64.7 Å². The molecule has 2 aromatic carbocycles. The van der Waals surface area contributed by atoms with Gasteiger partial charge in [0.25, 0.3) is 5.91 Å². The number of carbonyl (C=O) groups excluding carboxylic acids is 1. The summed E-state index contributed by atoms with van der Waals surface area (Å²) in [5.74, 6) is 0.506. The largest absolute Gasteiger partial charge is 0.481 e. The highest BCUT2D eigenvalue weighted by Crippen LogP contribution is 2.22. The second kappa shape index (κ2) is 7.32. The third-order valence-corrected chi connectivity index (χ3v) is 3.78. The van der Waals surface area contributed by atoms with E-state index in [1.54, 1.807) is 6.92 Å². The summed E-state index contributed by atoms with van der Waals surface area (Å²) < 4.78 is 5.65. The van der Waals surface area contributed by atoms with Crippen LogP contribution in [0.4, 0.5) is 0 Å². The number of nitrogens with one attached hydrogen (secondary N) is 1. The van der Waals surface area contributed by atoms with Crippen LogP contribution in [0.5, 0.6) is 5.75 Å². The third-order valence-electron chi connectivity index (χ3n) is 3.43. The zero-order valence-corrected chi connectivity index (χ0v) is 13.7. The van der Waals surface area contributed by atoms with Gasteiger partial charge in [-0.1, -0.05) is 47.5 Å². The summed E-state index contributed by atoms with van der Waals surface area (Å²) in [7, 11) is 0. The van der Waals surface area contributed by atoms with E-state index in [4.69, 9.17) is 16.3 Å². The highest BCUT2D eigenvalue weighted by molar-refractivity contribution is 6.31. The van der Waals surface area contributed by atoms with Crippen molar-refractivity contribution in [2.45, 2.75) is 32.9 Å². The van der Waals surface area contributed by atoms with E-state index in [-0.39, 0.29) is 11.9 Å². The molecule has 1 N–H and O–H groups in total. The van der Waals surface area contributed by atoms with Crippen molar-refractivity contribution in [2.75, 3.05) is 0 Å². The molecule has 0 aliphatic carbocycles. The first-order valence-electron chi connectivity index (χ1n) is 7.25. The van der Waals surface area contributed by atoms with Crippen molar-refractivity contribution in [1.82, 2.24) is 5.32 Å². The van der Waals surface area contributed by atoms with Crippen LogP contribution in [0.1, 0.15) is 31.0 Å². The van der Waals surface area contributed by atoms with Crippen LogP contribution in [0, 0.1) is 6.92 Å². The number of carbonyl (C=O) groups is 1. The molecule has 0 saturated heterocycles. The maximum Gasteiger partial charge on any atom is 0.261 e. The fourth-order valence-corrected chi connectivity index (χ4v) is 2.41. The molecule has 3 nitrogen and oxygen atoms in total. The maximum absolute atomic E-state index is 12.2. The first-order chi connectivity index (χ1) is 10.5. The van der Waals surface area contributed by atoms with Crippen molar-refractivity contribution in [3.63, 3.8) is 0 Å². The molecule has 0 fully saturated rings. The van der Waals surface area contributed by atoms with Gasteiger partial charge in [0.15, 0.2) is 6.10 Å². The predicted octanol–water partition coefficient (Wildman–Crippen LogP) is 4.29. The van der Waals surface area contributed by atoms with E-state index < -0.39 is 6.10 Å². The Morgan fingerprint density at radius 2 is 1.73 bits per heavy atom. The van der Waals surface area contributed by atoms with Crippen LogP contribution < -0.4 is 10.1 Å². The molecule has 0 bridgehead atoms. The summed E-state index contributed by atoms with van der Waals surface area (Å²) in [4.78, 5) is 12.2. The normalized spacial score (nSPS) is 13.3. The fourth-order valence-electron chi connectivity index (χ4n) is 2.11. The molecule has 1 amide bonds. The Bertz CT molecular complexity index is 640. The molecule has 2 rings (SSSR count). The Morgan fingerprint density at radius 3 is 2.36 bits per heavy atom. The fraction of sp³-hybridized carbons (Fsp3) is 0.278. The van der Waals surface area contributed by atoms with Crippen molar-refractivity contribution >= 4 is 17.5 Å². The Hall–Kier alpha value is -2.00. The average Bonchev–Trinajstić information content (AvgIpc) is 2.49. The second-order valence-electron chi connectivity index (χ2n) is 5.32. The number of hydrogen-bond acceptors (Lipinski definition) is 2. The molecule has 116 valence electrons. The summed E-state index contributed by atoms with van der Waals surface area (Å²) in [5.41, 5.74) is 2.04. The van der Waals surface area contributed by atoms with E-state index in [0.29, 0.717) is 10.8 Å². The van der Waals surface area contributed by atoms with E-state index in [1.807, 2.05) is 62.4 Å². The Labute approximate surface area is 136 Å². The molecule has 2 unspecified atom stereocenters. The van der Waals surface area contributed by atoms with E-state index in [2.05, 4.69) is 5.32 Å². The van der Waals surface area contributed by atoms with Gasteiger partial charge in [-0.15, -0.1) is 0 Å². The molecule has 2 atom stereocenters. The summed E-state index contributed by atoms with van der Waals surface area (Å²) in [6.07, 6.45) is -0.576. The van der Waals surface area contributed by atoms with Crippen LogP contribution in [0.15, 0.2) is 48.5 Å². The molecule has 0 aliphatic rings. The predicted molar refractivity (Wildman–Crippen MR) is 89.3 cm³/mol. The van der Waals surface area contributed by atoms with E-state index in [0.717, 1.165) is 11.1 Å². The number of hydrogen-bond donors (Lipinski definition) is 1. The van der Waals surface area contributed by atoms with Crippen LogP contribution in [-0.4, -0.2) is 12.0 Å². The number of amides is 1. The number of halogens is 1. The van der Waals surface area contributed by atoms with Gasteiger partial charge < -0.3 is 10.1 Å². The molecule has 0 radical (unpaired) electrons. The summed E-state index contributed by atoms with van der Waals surface area (Å²) in [5, 5.41) is 3.56. The minimum Gasteiger partial charge on any atom is -0.481 e. The standard InChI is InChI=1S/C18H20ClNO2/c1-12-8-10-15(11-9-12)22-14(3)18(21)20-13(2)16-6-4-5-7-17(16)19/h4-11,13-14H,1-3H3,(H,20,21). The molecule has 0 aliphatic heterocycles. The van der Waals surface area contributed by atoms with Gasteiger partial charge in [0.05, 0.1) is 6.04 Å². The number of aryl methyl sites for hydroxylation is 1. The van der Waals surface area contributed by atoms with Gasteiger partial charge in [-0.25, -0.2) is 0 Å². The Morgan fingerprint density at radius 1 is 1.09 bits per heavy atom. The lowest BCUT2D eigenvalue weighted by Crippen LogP contribution is -2.37. The quantitative estimate of drug-likeness (QED) is 0.893. The van der Waals surface area contributed by atoms with Gasteiger partial charge in [0, 0.05) is 5.02 Å². The Kier molecular flexibility index (Phi) is 5.45. The van der Waals surface area contributed by atoms with E-state index in [9.17, 15) is 4.79 Å². The van der Waals surface area contributed by atoms with Crippen molar-refractivity contribution in [1.29, 1.82) is 0 Å². The lowest BCUT2D eigenvalue weighted by molar-refractivity contribution is -0.127. The van der Waals surface area contributed by atoms with Gasteiger partial charge in [0.2, 0.25) is 0 Å². The molecular weight excluding hydrogens is 298 g/mol. The van der Waals surface area contributed by atoms with Crippen molar-refractivity contribution < 1.29 is 9.53 Å². The van der Waals surface area contributed by atoms with Gasteiger partial charge in [-0.3, -0.25) is 4.79 Å². The molecule has 2 aromatic rings. The topological polar surface area (TPSA) is 38.3 Å². The highest BCUT2D eigenvalue weighted by atomic mass is 35.5. The molecule has 0 spiro atoms. The van der Waals surface area contributed by atoms with E-state index >= 15 is 0 Å². The molecular formula is C18H20ClNO2. The lowest BCUT2D eigenvalue weighted by atomic mass is 10.1. The molecule has 22 heavy (non-hydrogen) atoms. The summed E-state index contributed by atoms with van der Waals surface area (Å²) in [6, 6.07) is 14.9.